The van der Waals surface area contributed by atoms with E-state index in [2.05, 4.69) is 5.32 Å². The summed E-state index contributed by atoms with van der Waals surface area (Å²) in [4.78, 5) is 23.6. The summed E-state index contributed by atoms with van der Waals surface area (Å²) in [5, 5.41) is 12.0. The van der Waals surface area contributed by atoms with Gasteiger partial charge in [0.25, 0.3) is 0 Å². The predicted octanol–water partition coefficient (Wildman–Crippen LogP) is 1.99. The predicted molar refractivity (Wildman–Crippen MR) is 84.4 cm³/mol. The number of carbonyl (C=O) groups excluding carboxylic acids is 1. The molecule has 1 aliphatic rings. The Kier molecular flexibility index (Phi) is 5.62. The van der Waals surface area contributed by atoms with E-state index in [-0.39, 0.29) is 5.91 Å². The molecule has 2 N–H and O–H groups in total. The molecule has 23 heavy (non-hydrogen) atoms. The van der Waals surface area contributed by atoms with Crippen LogP contribution in [0, 0.1) is 11.8 Å². The van der Waals surface area contributed by atoms with Crippen LogP contribution in [0.4, 0.5) is 0 Å². The first-order valence-electron chi connectivity index (χ1n) is 7.43. The van der Waals surface area contributed by atoms with Gasteiger partial charge < -0.3 is 19.9 Å². The third-order valence-electron chi connectivity index (χ3n) is 4.00. The minimum absolute atomic E-state index is 0.239. The van der Waals surface area contributed by atoms with Gasteiger partial charge in [0, 0.05) is 6.54 Å². The van der Waals surface area contributed by atoms with Gasteiger partial charge in [0.05, 0.1) is 26.1 Å². The van der Waals surface area contributed by atoms with E-state index in [9.17, 15) is 14.7 Å². The van der Waals surface area contributed by atoms with Gasteiger partial charge >= 0.3 is 5.97 Å². The number of ether oxygens (including phenoxy) is 2. The number of carboxylic acid groups (broad SMARTS) is 1. The number of carbonyl (C=O) groups is 2. The molecule has 0 aliphatic heterocycles. The van der Waals surface area contributed by atoms with Crippen LogP contribution in [0.5, 0.6) is 11.5 Å². The van der Waals surface area contributed by atoms with Crippen LogP contribution in [0.25, 0.3) is 0 Å². The fourth-order valence-electron chi connectivity index (χ4n) is 2.69. The second-order valence-corrected chi connectivity index (χ2v) is 5.40. The lowest BCUT2D eigenvalue weighted by molar-refractivity contribution is -0.147. The van der Waals surface area contributed by atoms with Crippen molar-refractivity contribution in [2.75, 3.05) is 14.2 Å². The lowest BCUT2D eigenvalue weighted by atomic mass is 9.82. The SMILES string of the molecule is COc1ccc(CNC(=O)[C@H]2CC=CC[C@@H]2C(=O)O)cc1OC. The van der Waals surface area contributed by atoms with Crippen LogP contribution in [0.1, 0.15) is 18.4 Å². The Bertz CT molecular complexity index is 611. The quantitative estimate of drug-likeness (QED) is 0.783. The maximum atomic E-state index is 12.3. The molecule has 0 spiro atoms. The minimum Gasteiger partial charge on any atom is -0.493 e. The summed E-state index contributed by atoms with van der Waals surface area (Å²) in [6, 6.07) is 5.38. The average Bonchev–Trinajstić information content (AvgIpc) is 2.59. The summed E-state index contributed by atoms with van der Waals surface area (Å²) in [5.41, 5.74) is 0.856. The summed E-state index contributed by atoms with van der Waals surface area (Å²) < 4.78 is 10.4. The third-order valence-corrected chi connectivity index (χ3v) is 4.00. The maximum absolute atomic E-state index is 12.3. The van der Waals surface area contributed by atoms with Crippen LogP contribution in [0.3, 0.4) is 0 Å². The van der Waals surface area contributed by atoms with Crippen molar-refractivity contribution in [3.05, 3.63) is 35.9 Å². The van der Waals surface area contributed by atoms with Gasteiger partial charge in [-0.25, -0.2) is 0 Å². The molecule has 0 radical (unpaired) electrons. The van der Waals surface area contributed by atoms with E-state index < -0.39 is 17.8 Å². The van der Waals surface area contributed by atoms with Crippen molar-refractivity contribution >= 4 is 11.9 Å². The molecule has 0 fully saturated rings. The monoisotopic (exact) mass is 319 g/mol. The molecule has 0 bridgehead atoms. The smallest absolute Gasteiger partial charge is 0.307 e. The highest BCUT2D eigenvalue weighted by Crippen LogP contribution is 2.28. The van der Waals surface area contributed by atoms with Crippen LogP contribution < -0.4 is 14.8 Å². The topological polar surface area (TPSA) is 84.9 Å². The second-order valence-electron chi connectivity index (χ2n) is 5.40. The molecule has 124 valence electrons. The van der Waals surface area contributed by atoms with Crippen molar-refractivity contribution in [2.24, 2.45) is 11.8 Å². The first-order chi connectivity index (χ1) is 11.1. The summed E-state index contributed by atoms with van der Waals surface area (Å²) >= 11 is 0. The van der Waals surface area contributed by atoms with Gasteiger partial charge in [-0.15, -0.1) is 0 Å². The van der Waals surface area contributed by atoms with Gasteiger partial charge in [-0.05, 0) is 30.5 Å². The Labute approximate surface area is 135 Å². The molecule has 0 saturated heterocycles. The second kappa shape index (κ2) is 7.67. The molecule has 6 nitrogen and oxygen atoms in total. The van der Waals surface area contributed by atoms with Gasteiger partial charge in [0.1, 0.15) is 0 Å². The van der Waals surface area contributed by atoms with Gasteiger partial charge in [-0.1, -0.05) is 18.2 Å². The number of amides is 1. The minimum atomic E-state index is -0.930. The third kappa shape index (κ3) is 4.03. The van der Waals surface area contributed by atoms with Crippen molar-refractivity contribution in [3.8, 4) is 11.5 Å². The number of aliphatic carboxylic acids is 1. The molecule has 0 heterocycles. The molecular formula is C17H21NO5. The zero-order valence-electron chi connectivity index (χ0n) is 13.2. The first kappa shape index (κ1) is 16.9. The van der Waals surface area contributed by atoms with Crippen LogP contribution in [0.2, 0.25) is 0 Å². The molecule has 2 atom stereocenters. The number of allylic oxidation sites excluding steroid dienone is 2. The van der Waals surface area contributed by atoms with Crippen molar-refractivity contribution in [3.63, 3.8) is 0 Å². The Morgan fingerprint density at radius 2 is 1.78 bits per heavy atom. The highest BCUT2D eigenvalue weighted by atomic mass is 16.5. The van der Waals surface area contributed by atoms with Gasteiger partial charge in [-0.2, -0.15) is 0 Å². The average molecular weight is 319 g/mol. The molecule has 1 aromatic carbocycles. The number of methoxy groups -OCH3 is 2. The van der Waals surface area contributed by atoms with E-state index in [1.165, 1.54) is 0 Å². The Hall–Kier alpha value is -2.50. The number of rotatable bonds is 6. The van der Waals surface area contributed by atoms with Crippen LogP contribution >= 0.6 is 0 Å². The number of carboxylic acids is 1. The molecule has 0 aromatic heterocycles. The van der Waals surface area contributed by atoms with E-state index in [4.69, 9.17) is 9.47 Å². The first-order valence-corrected chi connectivity index (χ1v) is 7.43. The van der Waals surface area contributed by atoms with Crippen molar-refractivity contribution in [1.29, 1.82) is 0 Å². The van der Waals surface area contributed by atoms with E-state index in [1.54, 1.807) is 26.4 Å². The fourth-order valence-corrected chi connectivity index (χ4v) is 2.69. The number of benzene rings is 1. The van der Waals surface area contributed by atoms with Crippen LogP contribution in [-0.4, -0.2) is 31.2 Å². The van der Waals surface area contributed by atoms with Crippen molar-refractivity contribution < 1.29 is 24.2 Å². The molecule has 0 unspecified atom stereocenters. The Balaban J connectivity index is 2.01. The summed E-state index contributed by atoms with van der Waals surface area (Å²) in [6.07, 6.45) is 4.52. The number of nitrogens with one attached hydrogen (secondary N) is 1. The van der Waals surface area contributed by atoms with Crippen LogP contribution in [0.15, 0.2) is 30.4 Å². The van der Waals surface area contributed by atoms with E-state index in [1.807, 2.05) is 18.2 Å². The fraction of sp³-hybridized carbons (Fsp3) is 0.412. The summed E-state index contributed by atoms with van der Waals surface area (Å²) in [7, 11) is 3.11. The highest BCUT2D eigenvalue weighted by molar-refractivity contribution is 5.85. The number of hydrogen-bond acceptors (Lipinski definition) is 4. The number of hydrogen-bond donors (Lipinski definition) is 2. The van der Waals surface area contributed by atoms with Gasteiger partial charge in [-0.3, -0.25) is 9.59 Å². The molecule has 1 aromatic rings. The lowest BCUT2D eigenvalue weighted by Gasteiger charge is -2.24. The molecule has 6 heteroatoms. The van der Waals surface area contributed by atoms with Crippen molar-refractivity contribution in [1.82, 2.24) is 5.32 Å². The molecule has 2 rings (SSSR count). The maximum Gasteiger partial charge on any atom is 0.307 e. The Morgan fingerprint density at radius 3 is 2.39 bits per heavy atom. The molecular weight excluding hydrogens is 298 g/mol. The summed E-state index contributed by atoms with van der Waals surface area (Å²) in [6.45, 7) is 0.311. The zero-order valence-corrected chi connectivity index (χ0v) is 13.2. The largest absolute Gasteiger partial charge is 0.493 e. The van der Waals surface area contributed by atoms with E-state index >= 15 is 0 Å². The molecule has 0 saturated carbocycles. The summed E-state index contributed by atoms with van der Waals surface area (Å²) in [5.74, 6) is -1.16. The molecule has 1 aliphatic carbocycles. The van der Waals surface area contributed by atoms with Gasteiger partial charge in [0.2, 0.25) is 5.91 Å². The zero-order chi connectivity index (χ0) is 16.8. The van der Waals surface area contributed by atoms with Crippen LogP contribution in [-0.2, 0) is 16.1 Å². The normalized spacial score (nSPS) is 19.9. The van der Waals surface area contributed by atoms with Gasteiger partial charge in [0.15, 0.2) is 11.5 Å². The van der Waals surface area contributed by atoms with Crippen molar-refractivity contribution in [2.45, 2.75) is 19.4 Å². The van der Waals surface area contributed by atoms with E-state index in [0.717, 1.165) is 5.56 Å². The standard InChI is InChI=1S/C17H21NO5/c1-22-14-8-7-11(9-15(14)23-2)10-18-16(19)12-5-3-4-6-13(12)17(20)21/h3-4,7-9,12-13H,5-6,10H2,1-2H3,(H,18,19)(H,20,21)/t12-,13-/m0/s1. The molecule has 1 amide bonds. The Morgan fingerprint density at radius 1 is 1.13 bits per heavy atom. The van der Waals surface area contributed by atoms with E-state index in [0.29, 0.717) is 30.9 Å². The lowest BCUT2D eigenvalue weighted by Crippen LogP contribution is -2.38. The highest BCUT2D eigenvalue weighted by Gasteiger charge is 2.33.